The molecule has 0 aromatic heterocycles. The predicted molar refractivity (Wildman–Crippen MR) is 62.8 cm³/mol. The number of halogens is 1. The first-order valence-corrected chi connectivity index (χ1v) is 5.63. The van der Waals surface area contributed by atoms with Crippen LogP contribution in [0.5, 0.6) is 0 Å². The van der Waals surface area contributed by atoms with Gasteiger partial charge in [-0.2, -0.15) is 0 Å². The minimum absolute atomic E-state index is 0.0392. The summed E-state index contributed by atoms with van der Waals surface area (Å²) in [5, 5.41) is 0. The van der Waals surface area contributed by atoms with Crippen molar-refractivity contribution >= 4 is 11.6 Å². The van der Waals surface area contributed by atoms with Gasteiger partial charge in [-0.25, -0.2) is 0 Å². The fourth-order valence-corrected chi connectivity index (χ4v) is 1.57. The smallest absolute Gasteiger partial charge is 0.0432 e. The SMILES string of the molecule is CCC(C)c1ccc(C(N)CCl)cc1. The van der Waals surface area contributed by atoms with Crippen LogP contribution >= 0.6 is 11.6 Å². The van der Waals surface area contributed by atoms with Crippen LogP contribution in [-0.4, -0.2) is 5.88 Å². The van der Waals surface area contributed by atoms with Gasteiger partial charge in [-0.3, -0.25) is 0 Å². The van der Waals surface area contributed by atoms with E-state index in [-0.39, 0.29) is 6.04 Å². The molecule has 0 saturated carbocycles. The Morgan fingerprint density at radius 3 is 2.14 bits per heavy atom. The van der Waals surface area contributed by atoms with Gasteiger partial charge in [-0.15, -0.1) is 11.6 Å². The highest BCUT2D eigenvalue weighted by Gasteiger charge is 2.06. The number of rotatable bonds is 4. The molecular formula is C12H18ClN. The number of benzene rings is 1. The lowest BCUT2D eigenvalue weighted by Crippen LogP contribution is -2.11. The molecule has 0 aliphatic heterocycles. The van der Waals surface area contributed by atoms with Crippen LogP contribution in [0.25, 0.3) is 0 Å². The summed E-state index contributed by atoms with van der Waals surface area (Å²) in [5.74, 6) is 1.10. The van der Waals surface area contributed by atoms with Gasteiger partial charge in [0, 0.05) is 11.9 Å². The molecular weight excluding hydrogens is 194 g/mol. The van der Waals surface area contributed by atoms with Crippen molar-refractivity contribution in [2.24, 2.45) is 5.73 Å². The molecule has 0 spiro atoms. The molecule has 1 rings (SSSR count). The van der Waals surface area contributed by atoms with E-state index in [9.17, 15) is 0 Å². The average molecular weight is 212 g/mol. The number of hydrogen-bond acceptors (Lipinski definition) is 1. The van der Waals surface area contributed by atoms with E-state index < -0.39 is 0 Å². The highest BCUT2D eigenvalue weighted by molar-refractivity contribution is 6.18. The number of hydrogen-bond donors (Lipinski definition) is 1. The first-order valence-electron chi connectivity index (χ1n) is 5.10. The lowest BCUT2D eigenvalue weighted by molar-refractivity contribution is 0.731. The van der Waals surface area contributed by atoms with Crippen LogP contribution in [0.1, 0.15) is 43.4 Å². The molecule has 14 heavy (non-hydrogen) atoms. The van der Waals surface area contributed by atoms with Crippen molar-refractivity contribution in [3.05, 3.63) is 35.4 Å². The minimum atomic E-state index is -0.0392. The zero-order valence-electron chi connectivity index (χ0n) is 8.83. The molecule has 1 aromatic carbocycles. The molecule has 0 saturated heterocycles. The Kier molecular flexibility index (Phi) is 4.43. The van der Waals surface area contributed by atoms with E-state index in [2.05, 4.69) is 38.1 Å². The Morgan fingerprint density at radius 2 is 1.71 bits per heavy atom. The van der Waals surface area contributed by atoms with Crippen molar-refractivity contribution in [2.75, 3.05) is 5.88 Å². The van der Waals surface area contributed by atoms with E-state index >= 15 is 0 Å². The van der Waals surface area contributed by atoms with Crippen LogP contribution in [0.2, 0.25) is 0 Å². The van der Waals surface area contributed by atoms with Crippen LogP contribution < -0.4 is 5.73 Å². The molecule has 0 fully saturated rings. The van der Waals surface area contributed by atoms with Crippen molar-refractivity contribution < 1.29 is 0 Å². The zero-order valence-corrected chi connectivity index (χ0v) is 9.59. The molecule has 2 heteroatoms. The lowest BCUT2D eigenvalue weighted by Gasteiger charge is -2.12. The van der Waals surface area contributed by atoms with E-state index in [0.717, 1.165) is 5.56 Å². The van der Waals surface area contributed by atoms with E-state index in [1.54, 1.807) is 0 Å². The Hall–Kier alpha value is -0.530. The van der Waals surface area contributed by atoms with E-state index in [0.29, 0.717) is 11.8 Å². The Morgan fingerprint density at radius 1 is 1.21 bits per heavy atom. The van der Waals surface area contributed by atoms with Crippen LogP contribution in [-0.2, 0) is 0 Å². The van der Waals surface area contributed by atoms with Gasteiger partial charge < -0.3 is 5.73 Å². The molecule has 0 aliphatic rings. The summed E-state index contributed by atoms with van der Waals surface area (Å²) in [7, 11) is 0. The molecule has 0 bridgehead atoms. The second kappa shape index (κ2) is 5.38. The molecule has 0 aliphatic carbocycles. The van der Waals surface area contributed by atoms with Gasteiger partial charge in [0.15, 0.2) is 0 Å². The normalized spacial score (nSPS) is 15.1. The molecule has 1 nitrogen and oxygen atoms in total. The summed E-state index contributed by atoms with van der Waals surface area (Å²) in [6.07, 6.45) is 1.17. The third-order valence-corrected chi connectivity index (χ3v) is 3.04. The van der Waals surface area contributed by atoms with E-state index in [1.165, 1.54) is 12.0 Å². The maximum atomic E-state index is 5.82. The number of alkyl halides is 1. The van der Waals surface area contributed by atoms with Gasteiger partial charge in [0.25, 0.3) is 0 Å². The molecule has 78 valence electrons. The molecule has 2 unspecified atom stereocenters. The van der Waals surface area contributed by atoms with Crippen molar-refractivity contribution in [1.29, 1.82) is 0 Å². The second-order valence-corrected chi connectivity index (χ2v) is 4.05. The van der Waals surface area contributed by atoms with Crippen LogP contribution in [0.3, 0.4) is 0 Å². The molecule has 0 radical (unpaired) electrons. The first-order chi connectivity index (χ1) is 6.69. The summed E-state index contributed by atoms with van der Waals surface area (Å²) in [4.78, 5) is 0. The lowest BCUT2D eigenvalue weighted by atomic mass is 9.96. The fourth-order valence-electron chi connectivity index (χ4n) is 1.40. The molecule has 1 aromatic rings. The average Bonchev–Trinajstić information content (AvgIpc) is 2.27. The van der Waals surface area contributed by atoms with Crippen LogP contribution in [0, 0.1) is 0 Å². The standard InChI is InChI=1S/C12H18ClN/c1-3-9(2)10-4-6-11(7-5-10)12(14)8-13/h4-7,9,12H,3,8,14H2,1-2H3. The van der Waals surface area contributed by atoms with Crippen molar-refractivity contribution in [2.45, 2.75) is 32.2 Å². The Labute approximate surface area is 91.3 Å². The second-order valence-electron chi connectivity index (χ2n) is 3.74. The van der Waals surface area contributed by atoms with Gasteiger partial charge >= 0.3 is 0 Å². The van der Waals surface area contributed by atoms with Gasteiger partial charge in [0.1, 0.15) is 0 Å². The van der Waals surface area contributed by atoms with Gasteiger partial charge in [0.2, 0.25) is 0 Å². The van der Waals surface area contributed by atoms with Gasteiger partial charge in [-0.1, -0.05) is 38.1 Å². The van der Waals surface area contributed by atoms with E-state index in [4.69, 9.17) is 17.3 Å². The number of nitrogens with two attached hydrogens (primary N) is 1. The van der Waals surface area contributed by atoms with Crippen LogP contribution in [0.15, 0.2) is 24.3 Å². The Bertz CT molecular complexity index is 239. The molecule has 0 heterocycles. The maximum Gasteiger partial charge on any atom is 0.0432 e. The predicted octanol–water partition coefficient (Wildman–Crippen LogP) is 3.44. The highest BCUT2D eigenvalue weighted by atomic mass is 35.5. The minimum Gasteiger partial charge on any atom is -0.323 e. The van der Waals surface area contributed by atoms with Crippen molar-refractivity contribution in [3.8, 4) is 0 Å². The van der Waals surface area contributed by atoms with Crippen molar-refractivity contribution in [3.63, 3.8) is 0 Å². The van der Waals surface area contributed by atoms with Crippen molar-refractivity contribution in [1.82, 2.24) is 0 Å². The van der Waals surface area contributed by atoms with Crippen LogP contribution in [0.4, 0.5) is 0 Å². The van der Waals surface area contributed by atoms with Gasteiger partial charge in [0.05, 0.1) is 0 Å². The maximum absolute atomic E-state index is 5.82. The fraction of sp³-hybridized carbons (Fsp3) is 0.500. The molecule has 2 atom stereocenters. The molecule has 0 amide bonds. The first kappa shape index (κ1) is 11.5. The largest absolute Gasteiger partial charge is 0.323 e. The van der Waals surface area contributed by atoms with Gasteiger partial charge in [-0.05, 0) is 23.5 Å². The quantitative estimate of drug-likeness (QED) is 0.759. The monoisotopic (exact) mass is 211 g/mol. The topological polar surface area (TPSA) is 26.0 Å². The summed E-state index contributed by atoms with van der Waals surface area (Å²) < 4.78 is 0. The zero-order chi connectivity index (χ0) is 10.6. The van der Waals surface area contributed by atoms with E-state index in [1.807, 2.05) is 0 Å². The third kappa shape index (κ3) is 2.73. The third-order valence-electron chi connectivity index (χ3n) is 2.71. The summed E-state index contributed by atoms with van der Waals surface area (Å²) in [5.41, 5.74) is 8.31. The highest BCUT2D eigenvalue weighted by Crippen LogP contribution is 2.20. The summed E-state index contributed by atoms with van der Waals surface area (Å²) in [6.45, 7) is 4.43. The Balaban J connectivity index is 2.78. The summed E-state index contributed by atoms with van der Waals surface area (Å²) >= 11 is 5.69. The summed E-state index contributed by atoms with van der Waals surface area (Å²) in [6, 6.07) is 8.41. The molecule has 2 N–H and O–H groups in total.